The second-order valence-corrected chi connectivity index (χ2v) is 4.19. The Labute approximate surface area is 64.5 Å². The zero-order chi connectivity index (χ0) is 7.98. The lowest BCUT2D eigenvalue weighted by Crippen LogP contribution is -2.14. The molecule has 3 heteroatoms. The molecule has 0 aromatic heterocycles. The van der Waals surface area contributed by atoms with E-state index in [1.807, 2.05) is 6.92 Å². The van der Waals surface area contributed by atoms with Crippen LogP contribution in [0, 0.1) is 0 Å². The minimum Gasteiger partial charge on any atom is -0.302 e. The molecule has 0 spiro atoms. The molecule has 0 saturated carbocycles. The van der Waals surface area contributed by atoms with Crippen molar-refractivity contribution >= 4 is 17.1 Å². The summed E-state index contributed by atoms with van der Waals surface area (Å²) in [5.74, 6) is 0.663. The van der Waals surface area contributed by atoms with E-state index in [2.05, 4.69) is 0 Å². The normalized spacial score (nSPS) is 16.2. The van der Waals surface area contributed by atoms with Crippen molar-refractivity contribution in [2.24, 2.45) is 0 Å². The highest BCUT2D eigenvalue weighted by Crippen LogP contribution is 1.96. The van der Waals surface area contributed by atoms with Crippen LogP contribution < -0.4 is 0 Å². The van der Waals surface area contributed by atoms with Gasteiger partial charge >= 0.3 is 0 Å². The van der Waals surface area contributed by atoms with E-state index >= 15 is 0 Å². The van der Waals surface area contributed by atoms with Gasteiger partial charge < -0.3 is 4.79 Å². The van der Waals surface area contributed by atoms with E-state index in [4.69, 9.17) is 0 Å². The van der Waals surface area contributed by atoms with Gasteiger partial charge in [-0.05, 0) is 13.3 Å². The number of carbonyl (C=O) groups excluding carboxylic acids is 1. The van der Waals surface area contributed by atoms with Gasteiger partial charge in [-0.2, -0.15) is 0 Å². The van der Waals surface area contributed by atoms with E-state index < -0.39 is 10.8 Å². The first kappa shape index (κ1) is 9.82. The van der Waals surface area contributed by atoms with Gasteiger partial charge in [-0.15, -0.1) is 0 Å². The van der Waals surface area contributed by atoms with Crippen LogP contribution >= 0.6 is 0 Å². The fraction of sp³-hybridized carbons (Fsp3) is 0.857. The molecular weight excluding hydrogens is 148 g/mol. The molecule has 0 fully saturated rings. The van der Waals surface area contributed by atoms with Crippen LogP contribution in [0.4, 0.5) is 0 Å². The molecule has 60 valence electrons. The van der Waals surface area contributed by atoms with Crippen molar-refractivity contribution in [3.05, 3.63) is 0 Å². The smallest absolute Gasteiger partial charge is 0.135 e. The highest BCUT2D eigenvalue weighted by atomic mass is 32.2. The van der Waals surface area contributed by atoms with E-state index in [1.165, 1.54) is 0 Å². The molecule has 0 radical (unpaired) electrons. The second kappa shape index (κ2) is 5.59. The molecule has 0 aliphatic heterocycles. The Morgan fingerprint density at radius 1 is 1.60 bits per heavy atom. The maximum Gasteiger partial charge on any atom is 0.135 e. The monoisotopic (exact) mass is 162 g/mol. The molecule has 0 aromatic carbocycles. The number of hydrogen-bond acceptors (Lipinski definition) is 2. The van der Waals surface area contributed by atoms with Gasteiger partial charge in [-0.25, -0.2) is 0 Å². The largest absolute Gasteiger partial charge is 0.302 e. The zero-order valence-electron chi connectivity index (χ0n) is 6.50. The topological polar surface area (TPSA) is 34.1 Å². The molecule has 0 saturated heterocycles. The quantitative estimate of drug-likeness (QED) is 0.568. The molecule has 2 unspecified atom stereocenters. The Kier molecular flexibility index (Phi) is 5.49. The molecule has 0 heterocycles. The first-order chi connectivity index (χ1) is 4.72. The van der Waals surface area contributed by atoms with Crippen LogP contribution in [0.25, 0.3) is 0 Å². The van der Waals surface area contributed by atoms with Gasteiger partial charge in [0.05, 0.1) is 5.25 Å². The third-order valence-corrected chi connectivity index (χ3v) is 2.94. The number of unbranched alkanes of at least 4 members (excludes halogenated alkanes) is 1. The van der Waals surface area contributed by atoms with Gasteiger partial charge in [-0.3, -0.25) is 4.21 Å². The third-order valence-electron chi connectivity index (χ3n) is 1.31. The average molecular weight is 162 g/mol. The molecule has 0 rings (SSSR count). The fourth-order valence-corrected chi connectivity index (χ4v) is 1.60. The summed E-state index contributed by atoms with van der Waals surface area (Å²) in [6.07, 6.45) is 2.74. The maximum absolute atomic E-state index is 11.0. The van der Waals surface area contributed by atoms with Gasteiger partial charge in [0.15, 0.2) is 0 Å². The Hall–Kier alpha value is -0.180. The summed E-state index contributed by atoms with van der Waals surface area (Å²) in [5.41, 5.74) is 0. The minimum atomic E-state index is -0.933. The number of hydrogen-bond donors (Lipinski definition) is 0. The lowest BCUT2D eigenvalue weighted by Gasteiger charge is -2.01. The van der Waals surface area contributed by atoms with Gasteiger partial charge in [0.2, 0.25) is 0 Å². The standard InChI is InChI=1S/C7H14O2S/c1-3-4-5-10(9)7(2)6-8/h6-7H,3-5H2,1-2H3. The summed E-state index contributed by atoms with van der Waals surface area (Å²) in [4.78, 5) is 10.1. The molecule has 0 aromatic rings. The second-order valence-electron chi connectivity index (χ2n) is 2.28. The Morgan fingerprint density at radius 3 is 2.60 bits per heavy atom. The number of aldehydes is 1. The molecule has 0 aliphatic rings. The molecule has 0 bridgehead atoms. The first-order valence-electron chi connectivity index (χ1n) is 3.54. The highest BCUT2D eigenvalue weighted by molar-refractivity contribution is 7.86. The van der Waals surface area contributed by atoms with Gasteiger partial charge in [-0.1, -0.05) is 13.3 Å². The Morgan fingerprint density at radius 2 is 2.20 bits per heavy atom. The van der Waals surface area contributed by atoms with Crippen molar-refractivity contribution in [2.75, 3.05) is 5.75 Å². The molecule has 2 nitrogen and oxygen atoms in total. The van der Waals surface area contributed by atoms with Gasteiger partial charge in [0.1, 0.15) is 6.29 Å². The summed E-state index contributed by atoms with van der Waals surface area (Å²) in [6, 6.07) is 0. The van der Waals surface area contributed by atoms with Crippen LogP contribution in [0.1, 0.15) is 26.7 Å². The molecular formula is C7H14O2S. The van der Waals surface area contributed by atoms with Crippen molar-refractivity contribution < 1.29 is 9.00 Å². The molecule has 2 atom stereocenters. The molecule has 0 N–H and O–H groups in total. The Balaban J connectivity index is 3.51. The number of rotatable bonds is 5. The Bertz CT molecular complexity index is 123. The van der Waals surface area contributed by atoms with E-state index in [1.54, 1.807) is 6.92 Å². The van der Waals surface area contributed by atoms with Crippen molar-refractivity contribution in [3.8, 4) is 0 Å². The van der Waals surface area contributed by atoms with Crippen LogP contribution in [0.2, 0.25) is 0 Å². The summed E-state index contributed by atoms with van der Waals surface area (Å²) >= 11 is 0. The zero-order valence-corrected chi connectivity index (χ0v) is 7.32. The van der Waals surface area contributed by atoms with Crippen LogP contribution in [0.3, 0.4) is 0 Å². The summed E-state index contributed by atoms with van der Waals surface area (Å²) in [6.45, 7) is 3.74. The van der Waals surface area contributed by atoms with Crippen molar-refractivity contribution in [1.82, 2.24) is 0 Å². The van der Waals surface area contributed by atoms with Crippen molar-refractivity contribution in [1.29, 1.82) is 0 Å². The van der Waals surface area contributed by atoms with Gasteiger partial charge in [0, 0.05) is 16.6 Å². The van der Waals surface area contributed by atoms with Crippen LogP contribution in [0.15, 0.2) is 0 Å². The minimum absolute atomic E-state index is 0.286. The first-order valence-corrected chi connectivity index (χ1v) is 4.93. The molecule has 10 heavy (non-hydrogen) atoms. The molecule has 0 amide bonds. The lowest BCUT2D eigenvalue weighted by molar-refractivity contribution is -0.107. The average Bonchev–Trinajstić information content (AvgIpc) is 1.98. The fourth-order valence-electron chi connectivity index (χ4n) is 0.534. The van der Waals surface area contributed by atoms with Crippen molar-refractivity contribution in [3.63, 3.8) is 0 Å². The third kappa shape index (κ3) is 3.77. The SMILES string of the molecule is CCCCS(=O)C(C)C=O. The summed E-state index contributed by atoms with van der Waals surface area (Å²) in [5, 5.41) is -0.286. The van der Waals surface area contributed by atoms with E-state index in [0.717, 1.165) is 19.1 Å². The summed E-state index contributed by atoms with van der Waals surface area (Å²) in [7, 11) is -0.933. The van der Waals surface area contributed by atoms with E-state index in [-0.39, 0.29) is 5.25 Å². The van der Waals surface area contributed by atoms with E-state index in [9.17, 15) is 9.00 Å². The van der Waals surface area contributed by atoms with E-state index in [0.29, 0.717) is 5.75 Å². The summed E-state index contributed by atoms with van der Waals surface area (Å²) < 4.78 is 11.0. The van der Waals surface area contributed by atoms with Crippen molar-refractivity contribution in [2.45, 2.75) is 31.9 Å². The predicted octanol–water partition coefficient (Wildman–Crippen LogP) is 1.12. The highest BCUT2D eigenvalue weighted by Gasteiger charge is 2.07. The van der Waals surface area contributed by atoms with Crippen LogP contribution in [-0.4, -0.2) is 21.5 Å². The van der Waals surface area contributed by atoms with Crippen LogP contribution in [-0.2, 0) is 15.6 Å². The van der Waals surface area contributed by atoms with Gasteiger partial charge in [0.25, 0.3) is 0 Å². The van der Waals surface area contributed by atoms with Crippen LogP contribution in [0.5, 0.6) is 0 Å². The maximum atomic E-state index is 11.0. The molecule has 0 aliphatic carbocycles. The number of carbonyl (C=O) groups is 1. The lowest BCUT2D eigenvalue weighted by atomic mass is 10.4. The predicted molar refractivity (Wildman–Crippen MR) is 43.4 cm³/mol.